The van der Waals surface area contributed by atoms with Crippen LogP contribution in [0.1, 0.15) is 0 Å². The molecule has 0 saturated heterocycles. The Bertz CT molecular complexity index is 364. The maximum atomic E-state index is 10.5. The molecule has 6 heteroatoms. The minimum atomic E-state index is -0.605. The number of primary amides is 1. The lowest BCUT2D eigenvalue weighted by Gasteiger charge is -2.06. The molecule has 0 radical (unpaired) electrons. The van der Waals surface area contributed by atoms with Crippen molar-refractivity contribution >= 4 is 28.9 Å². The second kappa shape index (κ2) is 5.16. The van der Waals surface area contributed by atoms with Gasteiger partial charge in [-0.1, -0.05) is 12.2 Å². The molecule has 0 aliphatic heterocycles. The molecule has 0 fully saturated rings. The van der Waals surface area contributed by atoms with E-state index < -0.39 is 6.03 Å². The smallest absolute Gasteiger partial charge is 0.316 e. The number of ether oxygens (including phenoxy) is 1. The second-order valence-electron chi connectivity index (χ2n) is 2.77. The fourth-order valence-electron chi connectivity index (χ4n) is 0.931. The topological polar surface area (TPSA) is 90.4 Å². The fourth-order valence-corrected chi connectivity index (χ4v) is 0.990. The SMILES string of the molecule is NC(=O)Nc1ccc(OCC(N)=S)cc1. The van der Waals surface area contributed by atoms with Gasteiger partial charge in [-0.15, -0.1) is 0 Å². The molecule has 0 heterocycles. The maximum Gasteiger partial charge on any atom is 0.316 e. The van der Waals surface area contributed by atoms with Crippen LogP contribution in [0.25, 0.3) is 0 Å². The first-order valence-corrected chi connectivity index (χ1v) is 4.56. The van der Waals surface area contributed by atoms with E-state index in [1.165, 1.54) is 0 Å². The molecule has 0 saturated carbocycles. The molecule has 0 spiro atoms. The largest absolute Gasteiger partial charge is 0.487 e. The third-order valence-corrected chi connectivity index (χ3v) is 1.62. The van der Waals surface area contributed by atoms with Crippen molar-refractivity contribution in [1.29, 1.82) is 0 Å². The highest BCUT2D eigenvalue weighted by Gasteiger charge is 1.97. The summed E-state index contributed by atoms with van der Waals surface area (Å²) in [5.41, 5.74) is 10.8. The number of nitrogens with two attached hydrogens (primary N) is 2. The molecule has 2 amide bonds. The summed E-state index contributed by atoms with van der Waals surface area (Å²) < 4.78 is 5.22. The number of benzene rings is 1. The Morgan fingerprint density at radius 3 is 2.40 bits per heavy atom. The van der Waals surface area contributed by atoms with Crippen LogP contribution in [0.2, 0.25) is 0 Å². The number of urea groups is 1. The summed E-state index contributed by atoms with van der Waals surface area (Å²) in [6.07, 6.45) is 0. The Kier molecular flexibility index (Phi) is 3.87. The Balaban J connectivity index is 2.56. The van der Waals surface area contributed by atoms with E-state index in [-0.39, 0.29) is 11.6 Å². The van der Waals surface area contributed by atoms with E-state index in [0.29, 0.717) is 11.4 Å². The van der Waals surface area contributed by atoms with Gasteiger partial charge in [0.2, 0.25) is 0 Å². The van der Waals surface area contributed by atoms with Gasteiger partial charge in [-0.25, -0.2) is 4.79 Å². The van der Waals surface area contributed by atoms with Crippen LogP contribution in [0.15, 0.2) is 24.3 Å². The van der Waals surface area contributed by atoms with Crippen LogP contribution in [-0.2, 0) is 0 Å². The quantitative estimate of drug-likeness (QED) is 0.662. The van der Waals surface area contributed by atoms with Gasteiger partial charge in [0.05, 0.1) is 0 Å². The van der Waals surface area contributed by atoms with Crippen LogP contribution in [0, 0.1) is 0 Å². The van der Waals surface area contributed by atoms with Gasteiger partial charge in [-0.05, 0) is 24.3 Å². The van der Waals surface area contributed by atoms with Crippen LogP contribution in [0.3, 0.4) is 0 Å². The molecule has 1 aromatic carbocycles. The molecule has 0 aliphatic rings. The van der Waals surface area contributed by atoms with E-state index >= 15 is 0 Å². The molecule has 1 rings (SSSR count). The molecular weight excluding hydrogens is 214 g/mol. The summed E-state index contributed by atoms with van der Waals surface area (Å²) in [6, 6.07) is 6.10. The number of anilines is 1. The lowest BCUT2D eigenvalue weighted by Crippen LogP contribution is -2.19. The predicted molar refractivity (Wildman–Crippen MR) is 61.9 cm³/mol. The maximum absolute atomic E-state index is 10.5. The summed E-state index contributed by atoms with van der Waals surface area (Å²) in [5, 5.41) is 2.43. The van der Waals surface area contributed by atoms with Crippen molar-refractivity contribution in [2.24, 2.45) is 11.5 Å². The summed E-state index contributed by atoms with van der Waals surface area (Å²) in [7, 11) is 0. The molecular formula is C9H11N3O2S. The van der Waals surface area contributed by atoms with Crippen LogP contribution in [0.5, 0.6) is 5.75 Å². The highest BCUT2D eigenvalue weighted by molar-refractivity contribution is 7.80. The van der Waals surface area contributed by atoms with Crippen molar-refractivity contribution in [2.45, 2.75) is 0 Å². The number of rotatable bonds is 4. The van der Waals surface area contributed by atoms with E-state index in [4.69, 9.17) is 16.2 Å². The molecule has 5 nitrogen and oxygen atoms in total. The number of thiocarbonyl (C=S) groups is 1. The number of hydrogen-bond acceptors (Lipinski definition) is 3. The van der Waals surface area contributed by atoms with Crippen molar-refractivity contribution in [3.05, 3.63) is 24.3 Å². The van der Waals surface area contributed by atoms with Crippen LogP contribution in [-0.4, -0.2) is 17.6 Å². The standard InChI is InChI=1S/C9H11N3O2S/c10-8(15)5-14-7-3-1-6(2-4-7)12-9(11)13/h1-4H,5H2,(H2,10,15)(H3,11,12,13). The Hall–Kier alpha value is -1.82. The Labute approximate surface area is 92.4 Å². The van der Waals surface area contributed by atoms with E-state index in [1.54, 1.807) is 24.3 Å². The molecule has 0 atom stereocenters. The first kappa shape index (κ1) is 11.3. The van der Waals surface area contributed by atoms with Crippen molar-refractivity contribution in [3.8, 4) is 5.75 Å². The van der Waals surface area contributed by atoms with E-state index in [0.717, 1.165) is 0 Å². The molecule has 5 N–H and O–H groups in total. The molecule has 0 aliphatic carbocycles. The van der Waals surface area contributed by atoms with E-state index in [2.05, 4.69) is 17.5 Å². The molecule has 0 bridgehead atoms. The normalized spacial score (nSPS) is 9.33. The second-order valence-corrected chi connectivity index (χ2v) is 3.29. The number of carbonyl (C=O) groups is 1. The lowest BCUT2D eigenvalue weighted by atomic mass is 10.3. The molecule has 15 heavy (non-hydrogen) atoms. The lowest BCUT2D eigenvalue weighted by molar-refractivity contribution is 0.259. The van der Waals surface area contributed by atoms with Crippen LogP contribution < -0.4 is 21.5 Å². The summed E-state index contributed by atoms with van der Waals surface area (Å²) in [4.78, 5) is 10.8. The predicted octanol–water partition coefficient (Wildman–Crippen LogP) is 0.842. The van der Waals surface area contributed by atoms with Gasteiger partial charge in [0.15, 0.2) is 0 Å². The molecule has 0 unspecified atom stereocenters. The van der Waals surface area contributed by atoms with Crippen molar-refractivity contribution in [3.63, 3.8) is 0 Å². The van der Waals surface area contributed by atoms with Crippen molar-refractivity contribution in [1.82, 2.24) is 0 Å². The summed E-state index contributed by atoms with van der Waals surface area (Å²) >= 11 is 4.66. The Morgan fingerprint density at radius 2 is 1.93 bits per heavy atom. The van der Waals surface area contributed by atoms with Gasteiger partial charge < -0.3 is 21.5 Å². The molecule has 0 aromatic heterocycles. The first-order valence-electron chi connectivity index (χ1n) is 4.15. The van der Waals surface area contributed by atoms with Gasteiger partial charge in [0.25, 0.3) is 0 Å². The number of nitrogens with one attached hydrogen (secondary N) is 1. The highest BCUT2D eigenvalue weighted by atomic mass is 32.1. The van der Waals surface area contributed by atoms with Crippen molar-refractivity contribution in [2.75, 3.05) is 11.9 Å². The highest BCUT2D eigenvalue weighted by Crippen LogP contribution is 2.15. The van der Waals surface area contributed by atoms with Crippen LogP contribution >= 0.6 is 12.2 Å². The van der Waals surface area contributed by atoms with Gasteiger partial charge in [0.1, 0.15) is 17.3 Å². The molecule has 1 aromatic rings. The monoisotopic (exact) mass is 225 g/mol. The van der Waals surface area contributed by atoms with Crippen molar-refractivity contribution < 1.29 is 9.53 Å². The number of amides is 2. The zero-order valence-electron chi connectivity index (χ0n) is 7.90. The van der Waals surface area contributed by atoms with Gasteiger partial charge in [-0.2, -0.15) is 0 Å². The van der Waals surface area contributed by atoms with E-state index in [9.17, 15) is 4.79 Å². The average Bonchev–Trinajstić information content (AvgIpc) is 2.16. The zero-order valence-corrected chi connectivity index (χ0v) is 8.71. The van der Waals surface area contributed by atoms with Gasteiger partial charge >= 0.3 is 6.03 Å². The first-order chi connectivity index (χ1) is 7.08. The minimum Gasteiger partial charge on any atom is -0.487 e. The average molecular weight is 225 g/mol. The van der Waals surface area contributed by atoms with Gasteiger partial charge in [-0.3, -0.25) is 0 Å². The summed E-state index contributed by atoms with van der Waals surface area (Å²) in [5.74, 6) is 0.623. The number of hydrogen-bond donors (Lipinski definition) is 3. The zero-order chi connectivity index (χ0) is 11.3. The Morgan fingerprint density at radius 1 is 1.33 bits per heavy atom. The minimum absolute atomic E-state index is 0.192. The van der Waals surface area contributed by atoms with Gasteiger partial charge in [0, 0.05) is 5.69 Å². The fraction of sp³-hybridized carbons (Fsp3) is 0.111. The summed E-state index contributed by atoms with van der Waals surface area (Å²) in [6.45, 7) is 0.192. The van der Waals surface area contributed by atoms with E-state index in [1.807, 2.05) is 0 Å². The number of carbonyl (C=O) groups excluding carboxylic acids is 1. The third kappa shape index (κ3) is 4.28. The van der Waals surface area contributed by atoms with Crippen LogP contribution in [0.4, 0.5) is 10.5 Å². The molecule has 80 valence electrons. The third-order valence-electron chi connectivity index (χ3n) is 1.50.